The van der Waals surface area contributed by atoms with Crippen LogP contribution in [0.4, 0.5) is 5.69 Å². The first-order valence-corrected chi connectivity index (χ1v) is 9.60. The van der Waals surface area contributed by atoms with E-state index in [1.165, 1.54) is 12.1 Å². The molecular weight excluding hydrogens is 328 g/mol. The summed E-state index contributed by atoms with van der Waals surface area (Å²) in [6, 6.07) is 6.32. The van der Waals surface area contributed by atoms with Crippen LogP contribution in [0.3, 0.4) is 0 Å². The Bertz CT molecular complexity index is 645. The fraction of sp³-hybridized carbons (Fsp3) is 0.600. The van der Waals surface area contributed by atoms with Crippen LogP contribution in [0.2, 0.25) is 0 Å². The molecular formula is C20H30N4O2. The van der Waals surface area contributed by atoms with E-state index in [-0.39, 0.29) is 12.2 Å². The summed E-state index contributed by atoms with van der Waals surface area (Å²) in [7, 11) is 0. The second-order valence-electron chi connectivity index (χ2n) is 7.21. The van der Waals surface area contributed by atoms with Gasteiger partial charge in [-0.25, -0.2) is 0 Å². The summed E-state index contributed by atoms with van der Waals surface area (Å²) in [6.07, 6.45) is 6.91. The lowest BCUT2D eigenvalue weighted by Crippen LogP contribution is -2.35. The molecule has 0 aromatic heterocycles. The van der Waals surface area contributed by atoms with Gasteiger partial charge in [-0.1, -0.05) is 6.07 Å². The van der Waals surface area contributed by atoms with E-state index in [1.807, 2.05) is 0 Å². The van der Waals surface area contributed by atoms with Gasteiger partial charge in [-0.2, -0.15) is 5.10 Å². The number of aliphatic hydroxyl groups is 1. The number of ether oxygens (including phenoxy) is 1. The number of benzene rings is 1. The third kappa shape index (κ3) is 4.83. The Labute approximate surface area is 155 Å². The predicted molar refractivity (Wildman–Crippen MR) is 106 cm³/mol. The lowest BCUT2D eigenvalue weighted by atomic mass is 10.0. The Morgan fingerprint density at radius 3 is 2.77 bits per heavy atom. The molecule has 2 heterocycles. The summed E-state index contributed by atoms with van der Waals surface area (Å²) in [4.78, 5) is 6.82. The number of nitrogens with two attached hydrogens (primary N) is 1. The van der Waals surface area contributed by atoms with Gasteiger partial charge in [0.15, 0.2) is 0 Å². The van der Waals surface area contributed by atoms with Crippen LogP contribution in [0.5, 0.6) is 0 Å². The van der Waals surface area contributed by atoms with Gasteiger partial charge in [0, 0.05) is 37.2 Å². The van der Waals surface area contributed by atoms with Crippen molar-refractivity contribution < 1.29 is 9.84 Å². The average Bonchev–Trinajstić information content (AvgIpc) is 2.67. The quantitative estimate of drug-likeness (QED) is 0.480. The molecule has 2 fully saturated rings. The highest BCUT2D eigenvalue weighted by molar-refractivity contribution is 6.38. The summed E-state index contributed by atoms with van der Waals surface area (Å²) >= 11 is 0. The molecule has 0 aliphatic carbocycles. The number of aryl methyl sites for hydroxylation is 1. The van der Waals surface area contributed by atoms with E-state index >= 15 is 0 Å². The highest BCUT2D eigenvalue weighted by Crippen LogP contribution is 2.23. The van der Waals surface area contributed by atoms with Crippen molar-refractivity contribution in [2.45, 2.75) is 51.2 Å². The molecule has 3 rings (SSSR count). The first kappa shape index (κ1) is 18.9. The van der Waals surface area contributed by atoms with Gasteiger partial charge in [0.2, 0.25) is 0 Å². The van der Waals surface area contributed by atoms with Crippen LogP contribution in [-0.2, 0) is 4.74 Å². The van der Waals surface area contributed by atoms with Crippen LogP contribution in [0.15, 0.2) is 28.3 Å². The third-order valence-electron chi connectivity index (χ3n) is 5.25. The first-order chi connectivity index (χ1) is 12.7. The third-order valence-corrected chi connectivity index (χ3v) is 5.25. The second kappa shape index (κ2) is 9.14. The molecule has 1 atom stereocenters. The van der Waals surface area contributed by atoms with Crippen LogP contribution in [0.25, 0.3) is 0 Å². The second-order valence-corrected chi connectivity index (χ2v) is 7.21. The van der Waals surface area contributed by atoms with E-state index in [0.29, 0.717) is 12.3 Å². The van der Waals surface area contributed by atoms with Crippen molar-refractivity contribution in [1.82, 2.24) is 0 Å². The van der Waals surface area contributed by atoms with Crippen molar-refractivity contribution in [3.05, 3.63) is 29.3 Å². The van der Waals surface area contributed by atoms with Gasteiger partial charge >= 0.3 is 0 Å². The summed E-state index contributed by atoms with van der Waals surface area (Å²) in [5, 5.41) is 13.6. The van der Waals surface area contributed by atoms with Gasteiger partial charge < -0.3 is 20.6 Å². The Kier molecular flexibility index (Phi) is 6.63. The monoisotopic (exact) mass is 358 g/mol. The molecule has 2 saturated heterocycles. The lowest BCUT2D eigenvalue weighted by molar-refractivity contribution is 0.0226. The van der Waals surface area contributed by atoms with E-state index < -0.39 is 0 Å². The van der Waals surface area contributed by atoms with Crippen molar-refractivity contribution in [1.29, 1.82) is 0 Å². The number of hydrazone groups is 1. The van der Waals surface area contributed by atoms with Crippen LogP contribution >= 0.6 is 0 Å². The highest BCUT2D eigenvalue weighted by atomic mass is 16.5. The zero-order chi connectivity index (χ0) is 18.4. The number of rotatable bonds is 5. The van der Waals surface area contributed by atoms with Crippen LogP contribution in [-0.4, -0.2) is 55.5 Å². The fourth-order valence-electron chi connectivity index (χ4n) is 3.64. The van der Waals surface area contributed by atoms with Crippen molar-refractivity contribution in [2.75, 3.05) is 31.1 Å². The standard InChI is InChI=1S/C20H30N4O2/c1-15-12-16(24-9-7-17(25)8-10-24)5-6-19(15)20(23-21)14-22-13-18-4-2-3-11-26-18/h5-6,12,14,17-18,25H,2-4,7-11,13,21H2,1H3/b22-14?,23-20+. The van der Waals surface area contributed by atoms with Crippen molar-refractivity contribution >= 4 is 17.6 Å². The first-order valence-electron chi connectivity index (χ1n) is 9.60. The number of hydrogen-bond donors (Lipinski definition) is 2. The molecule has 26 heavy (non-hydrogen) atoms. The minimum atomic E-state index is -0.160. The largest absolute Gasteiger partial charge is 0.393 e. The molecule has 0 saturated carbocycles. The minimum Gasteiger partial charge on any atom is -0.393 e. The smallest absolute Gasteiger partial charge is 0.108 e. The normalized spacial score (nSPS) is 22.9. The van der Waals surface area contributed by atoms with Gasteiger partial charge in [0.05, 0.1) is 18.8 Å². The van der Waals surface area contributed by atoms with E-state index in [0.717, 1.165) is 56.5 Å². The molecule has 0 bridgehead atoms. The Morgan fingerprint density at radius 2 is 2.12 bits per heavy atom. The lowest BCUT2D eigenvalue weighted by Gasteiger charge is -2.31. The maximum Gasteiger partial charge on any atom is 0.108 e. The molecule has 1 aromatic rings. The van der Waals surface area contributed by atoms with Gasteiger partial charge in [-0.3, -0.25) is 4.99 Å². The predicted octanol–water partition coefficient (Wildman–Crippen LogP) is 2.26. The number of aliphatic imine (C=N–C) groups is 1. The Morgan fingerprint density at radius 1 is 1.31 bits per heavy atom. The van der Waals surface area contributed by atoms with Gasteiger partial charge in [0.25, 0.3) is 0 Å². The molecule has 142 valence electrons. The zero-order valence-electron chi connectivity index (χ0n) is 15.6. The summed E-state index contributed by atoms with van der Waals surface area (Å²) < 4.78 is 5.71. The van der Waals surface area contributed by atoms with Gasteiger partial charge in [-0.15, -0.1) is 0 Å². The van der Waals surface area contributed by atoms with Crippen LogP contribution < -0.4 is 10.7 Å². The fourth-order valence-corrected chi connectivity index (χ4v) is 3.64. The van der Waals surface area contributed by atoms with Crippen LogP contribution in [0.1, 0.15) is 43.2 Å². The van der Waals surface area contributed by atoms with E-state index in [4.69, 9.17) is 10.6 Å². The summed E-state index contributed by atoms with van der Waals surface area (Å²) in [5.74, 6) is 5.62. The van der Waals surface area contributed by atoms with Gasteiger partial charge in [0.1, 0.15) is 5.71 Å². The molecule has 0 radical (unpaired) electrons. The van der Waals surface area contributed by atoms with Crippen molar-refractivity contribution in [3.8, 4) is 0 Å². The molecule has 3 N–H and O–H groups in total. The van der Waals surface area contributed by atoms with Crippen LogP contribution in [0, 0.1) is 6.92 Å². The Balaban J connectivity index is 1.64. The van der Waals surface area contributed by atoms with E-state index in [1.54, 1.807) is 6.21 Å². The molecule has 1 unspecified atom stereocenters. The molecule has 0 spiro atoms. The number of piperidine rings is 1. The van der Waals surface area contributed by atoms with E-state index in [9.17, 15) is 5.11 Å². The highest BCUT2D eigenvalue weighted by Gasteiger charge is 2.18. The van der Waals surface area contributed by atoms with Crippen molar-refractivity contribution in [2.24, 2.45) is 15.9 Å². The maximum absolute atomic E-state index is 9.67. The topological polar surface area (TPSA) is 83.4 Å². The minimum absolute atomic E-state index is 0.160. The molecule has 2 aliphatic rings. The molecule has 1 aromatic carbocycles. The summed E-state index contributed by atoms with van der Waals surface area (Å²) in [5.41, 5.74) is 4.00. The number of hydrogen-bond acceptors (Lipinski definition) is 6. The Hall–Kier alpha value is -1.92. The van der Waals surface area contributed by atoms with E-state index in [2.05, 4.69) is 40.1 Å². The molecule has 2 aliphatic heterocycles. The van der Waals surface area contributed by atoms with Gasteiger partial charge in [-0.05, 0) is 56.7 Å². The van der Waals surface area contributed by atoms with Crippen molar-refractivity contribution in [3.63, 3.8) is 0 Å². The number of anilines is 1. The molecule has 6 nitrogen and oxygen atoms in total. The molecule has 6 heteroatoms. The summed E-state index contributed by atoms with van der Waals surface area (Å²) in [6.45, 7) is 5.35. The maximum atomic E-state index is 9.67. The molecule has 0 amide bonds. The number of aliphatic hydroxyl groups excluding tert-OH is 1. The number of nitrogens with zero attached hydrogens (tertiary/aromatic N) is 3. The zero-order valence-corrected chi connectivity index (χ0v) is 15.6. The average molecular weight is 358 g/mol. The SMILES string of the molecule is Cc1cc(N2CCC(O)CC2)ccc1/C(C=NCC1CCCCO1)=N/N.